The van der Waals surface area contributed by atoms with Gasteiger partial charge in [0.15, 0.2) is 0 Å². The van der Waals surface area contributed by atoms with Crippen molar-refractivity contribution in [3.05, 3.63) is 30.1 Å². The largest absolute Gasteiger partial charge is 0.345 e. The van der Waals surface area contributed by atoms with Crippen LogP contribution >= 0.6 is 12.4 Å². The van der Waals surface area contributed by atoms with Crippen LogP contribution < -0.4 is 5.32 Å². The maximum Gasteiger partial charge on any atom is 0.228 e. The van der Waals surface area contributed by atoms with Crippen LogP contribution in [0.5, 0.6) is 0 Å². The Bertz CT molecular complexity index is 354. The number of nitrogens with zero attached hydrogens (tertiary/aromatic N) is 2. The van der Waals surface area contributed by atoms with Crippen molar-refractivity contribution in [2.75, 3.05) is 26.7 Å². The van der Waals surface area contributed by atoms with E-state index in [0.717, 1.165) is 26.1 Å². The summed E-state index contributed by atoms with van der Waals surface area (Å²) in [7, 11) is 1.88. The van der Waals surface area contributed by atoms with Gasteiger partial charge in [-0.25, -0.2) is 0 Å². The summed E-state index contributed by atoms with van der Waals surface area (Å²) in [6, 6.07) is 3.98. The van der Waals surface area contributed by atoms with Crippen molar-refractivity contribution >= 4 is 18.3 Å². The van der Waals surface area contributed by atoms with Gasteiger partial charge in [-0.1, -0.05) is 0 Å². The Morgan fingerprint density at radius 2 is 2.12 bits per heavy atom. The minimum Gasteiger partial charge on any atom is -0.345 e. The molecule has 0 unspecified atom stereocenters. The molecule has 5 heteroatoms. The first-order valence-corrected chi connectivity index (χ1v) is 5.62. The van der Waals surface area contributed by atoms with E-state index in [1.165, 1.54) is 5.56 Å². The summed E-state index contributed by atoms with van der Waals surface area (Å²) in [5.74, 6) is 0.454. The molecular weight excluding hydrogens is 238 g/mol. The molecule has 1 fully saturated rings. The van der Waals surface area contributed by atoms with Crippen LogP contribution in [-0.2, 0) is 11.2 Å². The maximum absolute atomic E-state index is 11.8. The summed E-state index contributed by atoms with van der Waals surface area (Å²) in [5, 5.41) is 3.12. The Hall–Kier alpha value is -1.13. The van der Waals surface area contributed by atoms with Crippen molar-refractivity contribution in [1.29, 1.82) is 0 Å². The van der Waals surface area contributed by atoms with Crippen LogP contribution in [0.3, 0.4) is 0 Å². The van der Waals surface area contributed by atoms with Crippen LogP contribution in [-0.4, -0.2) is 42.5 Å². The van der Waals surface area contributed by atoms with Gasteiger partial charge in [-0.2, -0.15) is 0 Å². The number of nitrogens with one attached hydrogen (secondary N) is 1. The van der Waals surface area contributed by atoms with E-state index >= 15 is 0 Å². The molecule has 94 valence electrons. The first kappa shape index (κ1) is 13.9. The number of hydrogen-bond acceptors (Lipinski definition) is 3. The number of pyridine rings is 1. The quantitative estimate of drug-likeness (QED) is 0.863. The van der Waals surface area contributed by atoms with Gasteiger partial charge >= 0.3 is 0 Å². The molecule has 1 aliphatic rings. The minimum atomic E-state index is 0. The molecule has 2 heterocycles. The number of likely N-dealkylation sites (N-methyl/N-ethyl adjacent to an activating group) is 1. The Balaban J connectivity index is 0.00000144. The van der Waals surface area contributed by atoms with Gasteiger partial charge in [-0.05, 0) is 24.1 Å². The highest BCUT2D eigenvalue weighted by Gasteiger charge is 2.27. The molecular formula is C12H18ClN3O. The van der Waals surface area contributed by atoms with Crippen molar-refractivity contribution in [2.45, 2.75) is 6.42 Å². The predicted octanol–water partition coefficient (Wildman–Crippen LogP) is 0.724. The van der Waals surface area contributed by atoms with Gasteiger partial charge < -0.3 is 10.2 Å². The zero-order valence-corrected chi connectivity index (χ0v) is 10.7. The molecule has 1 aromatic rings. The second-order valence-electron chi connectivity index (χ2n) is 4.22. The standard InChI is InChI=1S/C12H17N3O.ClH/c1-15(12(16)11-8-14-9-11)7-4-10-2-5-13-6-3-10;/h2-3,5-6,11,14H,4,7-9H2,1H3;1H. The molecule has 2 rings (SSSR count). The molecule has 1 aromatic heterocycles. The highest BCUT2D eigenvalue weighted by atomic mass is 35.5. The lowest BCUT2D eigenvalue weighted by atomic mass is 10.0. The van der Waals surface area contributed by atoms with Crippen LogP contribution in [0.2, 0.25) is 0 Å². The molecule has 0 spiro atoms. The lowest BCUT2D eigenvalue weighted by Gasteiger charge is -2.30. The average Bonchev–Trinajstić information content (AvgIpc) is 2.25. The highest BCUT2D eigenvalue weighted by molar-refractivity contribution is 5.85. The van der Waals surface area contributed by atoms with Crippen molar-refractivity contribution in [2.24, 2.45) is 5.92 Å². The van der Waals surface area contributed by atoms with Crippen LogP contribution in [0.15, 0.2) is 24.5 Å². The summed E-state index contributed by atoms with van der Waals surface area (Å²) >= 11 is 0. The SMILES string of the molecule is CN(CCc1ccncc1)C(=O)C1CNC1.Cl. The van der Waals surface area contributed by atoms with E-state index in [1.807, 2.05) is 24.1 Å². The molecule has 0 atom stereocenters. The molecule has 1 aliphatic heterocycles. The maximum atomic E-state index is 11.8. The summed E-state index contributed by atoms with van der Waals surface area (Å²) < 4.78 is 0. The van der Waals surface area contributed by atoms with Gasteiger partial charge in [0.25, 0.3) is 0 Å². The monoisotopic (exact) mass is 255 g/mol. The number of carbonyl (C=O) groups excluding carboxylic acids is 1. The van der Waals surface area contributed by atoms with E-state index in [2.05, 4.69) is 10.3 Å². The molecule has 0 radical (unpaired) electrons. The van der Waals surface area contributed by atoms with Gasteiger partial charge in [-0.15, -0.1) is 12.4 Å². The Morgan fingerprint density at radius 3 is 2.65 bits per heavy atom. The summed E-state index contributed by atoms with van der Waals surface area (Å²) in [6.45, 7) is 2.44. The van der Waals surface area contributed by atoms with Crippen LogP contribution in [0.25, 0.3) is 0 Å². The summed E-state index contributed by atoms with van der Waals surface area (Å²) in [4.78, 5) is 17.6. The van der Waals surface area contributed by atoms with Crippen LogP contribution in [0.4, 0.5) is 0 Å². The highest BCUT2D eigenvalue weighted by Crippen LogP contribution is 2.07. The van der Waals surface area contributed by atoms with Gasteiger partial charge in [0.2, 0.25) is 5.91 Å². The molecule has 17 heavy (non-hydrogen) atoms. The Labute approximate surface area is 108 Å². The number of rotatable bonds is 4. The van der Waals surface area contributed by atoms with Gasteiger partial charge in [0.1, 0.15) is 0 Å². The first-order chi connectivity index (χ1) is 7.77. The Kier molecular flexibility index (Phi) is 5.38. The lowest BCUT2D eigenvalue weighted by molar-refractivity contribution is -0.135. The van der Waals surface area contributed by atoms with Crippen LogP contribution in [0.1, 0.15) is 5.56 Å². The fourth-order valence-electron chi connectivity index (χ4n) is 1.73. The normalized spacial score (nSPS) is 14.6. The van der Waals surface area contributed by atoms with E-state index in [-0.39, 0.29) is 24.2 Å². The molecule has 1 N–H and O–H groups in total. The number of amides is 1. The molecule has 1 saturated heterocycles. The Morgan fingerprint density at radius 1 is 1.47 bits per heavy atom. The minimum absolute atomic E-state index is 0. The third-order valence-electron chi connectivity index (χ3n) is 2.99. The molecule has 1 amide bonds. The molecule has 0 bridgehead atoms. The van der Waals surface area contributed by atoms with E-state index in [4.69, 9.17) is 0 Å². The average molecular weight is 256 g/mol. The van der Waals surface area contributed by atoms with Gasteiger partial charge in [0.05, 0.1) is 5.92 Å². The molecule has 0 aromatic carbocycles. The fourth-order valence-corrected chi connectivity index (χ4v) is 1.73. The fraction of sp³-hybridized carbons (Fsp3) is 0.500. The predicted molar refractivity (Wildman–Crippen MR) is 69.2 cm³/mol. The first-order valence-electron chi connectivity index (χ1n) is 5.62. The third-order valence-corrected chi connectivity index (χ3v) is 2.99. The molecule has 0 aliphatic carbocycles. The number of hydrogen-bond donors (Lipinski definition) is 1. The van der Waals surface area contributed by atoms with E-state index in [1.54, 1.807) is 12.4 Å². The van der Waals surface area contributed by atoms with Crippen molar-refractivity contribution in [3.63, 3.8) is 0 Å². The van der Waals surface area contributed by atoms with Crippen LogP contribution in [0, 0.1) is 5.92 Å². The number of carbonyl (C=O) groups is 1. The van der Waals surface area contributed by atoms with E-state index < -0.39 is 0 Å². The van der Waals surface area contributed by atoms with Crippen molar-refractivity contribution in [3.8, 4) is 0 Å². The van der Waals surface area contributed by atoms with Crippen molar-refractivity contribution in [1.82, 2.24) is 15.2 Å². The topological polar surface area (TPSA) is 45.2 Å². The smallest absolute Gasteiger partial charge is 0.228 e. The molecule has 0 saturated carbocycles. The third kappa shape index (κ3) is 3.68. The zero-order chi connectivity index (χ0) is 11.4. The number of halogens is 1. The van der Waals surface area contributed by atoms with Gasteiger partial charge in [-0.3, -0.25) is 9.78 Å². The van der Waals surface area contributed by atoms with E-state index in [9.17, 15) is 4.79 Å². The molecule has 4 nitrogen and oxygen atoms in total. The van der Waals surface area contributed by atoms with Crippen molar-refractivity contribution < 1.29 is 4.79 Å². The van der Waals surface area contributed by atoms with E-state index in [0.29, 0.717) is 0 Å². The zero-order valence-electron chi connectivity index (χ0n) is 9.93. The lowest BCUT2D eigenvalue weighted by Crippen LogP contribution is -2.51. The van der Waals surface area contributed by atoms with Gasteiger partial charge in [0, 0.05) is 39.1 Å². The second kappa shape index (κ2) is 6.57. The number of aromatic nitrogens is 1. The summed E-state index contributed by atoms with van der Waals surface area (Å²) in [6.07, 6.45) is 4.46. The summed E-state index contributed by atoms with van der Waals surface area (Å²) in [5.41, 5.74) is 1.22. The second-order valence-corrected chi connectivity index (χ2v) is 4.22.